The molecular weight excluding hydrogens is 346 g/mol. The van der Waals surface area contributed by atoms with Gasteiger partial charge in [-0.05, 0) is 50.3 Å². The minimum Gasteiger partial charge on any atom is -0.497 e. The number of pyridine rings is 1. The van der Waals surface area contributed by atoms with Gasteiger partial charge in [0, 0.05) is 16.3 Å². The van der Waals surface area contributed by atoms with Crippen molar-refractivity contribution in [2.45, 2.75) is 33.1 Å². The van der Waals surface area contributed by atoms with Crippen LogP contribution in [0.5, 0.6) is 5.75 Å². The number of hydrogen-bond acceptors (Lipinski definition) is 5. The smallest absolute Gasteiger partial charge is 0.259 e. The highest BCUT2D eigenvalue weighted by Gasteiger charge is 2.21. The second-order valence-electron chi connectivity index (χ2n) is 6.87. The molecule has 1 aliphatic carbocycles. The zero-order chi connectivity index (χ0) is 18.3. The van der Waals surface area contributed by atoms with Crippen molar-refractivity contribution in [1.82, 2.24) is 9.97 Å². The molecule has 0 saturated carbocycles. The summed E-state index contributed by atoms with van der Waals surface area (Å²) in [5, 5.41) is 4.56. The summed E-state index contributed by atoms with van der Waals surface area (Å²) in [6, 6.07) is 7.54. The normalized spacial score (nSPS) is 16.3. The number of fused-ring (bicyclic) bond motifs is 2. The van der Waals surface area contributed by atoms with Crippen LogP contribution in [-0.4, -0.2) is 23.0 Å². The molecule has 0 radical (unpaired) electrons. The molecule has 1 aliphatic rings. The number of aryl methyl sites for hydroxylation is 2. The second-order valence-corrected chi connectivity index (χ2v) is 7.95. The number of anilines is 1. The minimum absolute atomic E-state index is 0.160. The largest absolute Gasteiger partial charge is 0.497 e. The number of methoxy groups -OCH3 is 1. The lowest BCUT2D eigenvalue weighted by Gasteiger charge is -2.15. The molecule has 26 heavy (non-hydrogen) atoms. The number of rotatable bonds is 3. The maximum atomic E-state index is 12.8. The Bertz CT molecular complexity index is 996. The third-order valence-corrected chi connectivity index (χ3v) is 5.90. The Morgan fingerprint density at radius 2 is 2.15 bits per heavy atom. The summed E-state index contributed by atoms with van der Waals surface area (Å²) in [6.07, 6.45) is 3.23. The maximum Gasteiger partial charge on any atom is 0.259 e. The molecule has 2 aromatic heterocycles. The Hall–Kier alpha value is -2.47. The van der Waals surface area contributed by atoms with Gasteiger partial charge in [-0.1, -0.05) is 6.92 Å². The molecule has 6 heteroatoms. The van der Waals surface area contributed by atoms with Crippen LogP contribution in [0.15, 0.2) is 24.3 Å². The summed E-state index contributed by atoms with van der Waals surface area (Å²) in [4.78, 5) is 23.3. The fourth-order valence-electron chi connectivity index (χ4n) is 3.36. The number of thiazole rings is 1. The van der Waals surface area contributed by atoms with Crippen LogP contribution < -0.4 is 10.1 Å². The van der Waals surface area contributed by atoms with Crippen molar-refractivity contribution in [3.8, 4) is 5.75 Å². The van der Waals surface area contributed by atoms with E-state index in [0.29, 0.717) is 22.3 Å². The second kappa shape index (κ2) is 6.68. The van der Waals surface area contributed by atoms with Gasteiger partial charge in [0.1, 0.15) is 5.75 Å². The first-order valence-corrected chi connectivity index (χ1v) is 9.60. The van der Waals surface area contributed by atoms with Crippen molar-refractivity contribution in [1.29, 1.82) is 0 Å². The van der Waals surface area contributed by atoms with Crippen molar-refractivity contribution >= 4 is 33.3 Å². The van der Waals surface area contributed by atoms with Gasteiger partial charge in [0.25, 0.3) is 5.91 Å². The zero-order valence-electron chi connectivity index (χ0n) is 15.1. The lowest BCUT2D eigenvalue weighted by Crippen LogP contribution is -2.14. The third kappa shape index (κ3) is 3.17. The monoisotopic (exact) mass is 367 g/mol. The number of amides is 1. The lowest BCUT2D eigenvalue weighted by atomic mass is 9.93. The van der Waals surface area contributed by atoms with Crippen LogP contribution in [-0.2, 0) is 12.8 Å². The first-order chi connectivity index (χ1) is 12.5. The van der Waals surface area contributed by atoms with Crippen LogP contribution in [0, 0.1) is 12.8 Å². The van der Waals surface area contributed by atoms with Gasteiger partial charge in [-0.2, -0.15) is 0 Å². The van der Waals surface area contributed by atoms with Crippen molar-refractivity contribution < 1.29 is 9.53 Å². The summed E-state index contributed by atoms with van der Waals surface area (Å²) >= 11 is 1.60. The van der Waals surface area contributed by atoms with Gasteiger partial charge in [0.05, 0.1) is 29.6 Å². The van der Waals surface area contributed by atoms with Crippen molar-refractivity contribution in [2.75, 3.05) is 12.4 Å². The third-order valence-electron chi connectivity index (χ3n) is 4.87. The first-order valence-electron chi connectivity index (χ1n) is 8.79. The van der Waals surface area contributed by atoms with E-state index in [4.69, 9.17) is 4.74 Å². The van der Waals surface area contributed by atoms with Crippen molar-refractivity contribution in [3.05, 3.63) is 46.1 Å². The molecule has 5 nitrogen and oxygen atoms in total. The molecule has 134 valence electrons. The van der Waals surface area contributed by atoms with Crippen LogP contribution in [0.3, 0.4) is 0 Å². The summed E-state index contributed by atoms with van der Waals surface area (Å²) in [5.41, 5.74) is 3.23. The van der Waals surface area contributed by atoms with Crippen LogP contribution in [0.1, 0.15) is 40.0 Å². The molecule has 0 aliphatic heterocycles. The van der Waals surface area contributed by atoms with E-state index in [1.165, 1.54) is 11.3 Å². The van der Waals surface area contributed by atoms with E-state index in [2.05, 4.69) is 22.2 Å². The topological polar surface area (TPSA) is 64.1 Å². The van der Waals surface area contributed by atoms with Crippen molar-refractivity contribution in [3.63, 3.8) is 0 Å². The van der Waals surface area contributed by atoms with Gasteiger partial charge < -0.3 is 4.74 Å². The zero-order valence-corrected chi connectivity index (χ0v) is 15.9. The maximum absolute atomic E-state index is 12.8. The molecule has 0 fully saturated rings. The molecule has 2 heterocycles. The highest BCUT2D eigenvalue weighted by Crippen LogP contribution is 2.32. The minimum atomic E-state index is -0.160. The Labute approximate surface area is 156 Å². The summed E-state index contributed by atoms with van der Waals surface area (Å²) in [7, 11) is 1.63. The first kappa shape index (κ1) is 17.0. The van der Waals surface area contributed by atoms with E-state index < -0.39 is 0 Å². The molecule has 1 unspecified atom stereocenters. The molecule has 4 rings (SSSR count). The highest BCUT2D eigenvalue weighted by molar-refractivity contribution is 7.15. The Morgan fingerprint density at radius 1 is 1.31 bits per heavy atom. The summed E-state index contributed by atoms with van der Waals surface area (Å²) < 4.78 is 5.24. The molecule has 1 atom stereocenters. The Balaban J connectivity index is 1.61. The van der Waals surface area contributed by atoms with Gasteiger partial charge in [-0.25, -0.2) is 4.98 Å². The number of carbonyl (C=O) groups is 1. The van der Waals surface area contributed by atoms with E-state index in [1.807, 2.05) is 31.2 Å². The van der Waals surface area contributed by atoms with E-state index >= 15 is 0 Å². The molecule has 1 aromatic carbocycles. The van der Waals surface area contributed by atoms with Gasteiger partial charge >= 0.3 is 0 Å². The van der Waals surface area contributed by atoms with E-state index in [0.717, 1.165) is 35.2 Å². The fraction of sp³-hybridized carbons (Fsp3) is 0.350. The molecule has 1 N–H and O–H groups in total. The van der Waals surface area contributed by atoms with Gasteiger partial charge in [-0.15, -0.1) is 11.3 Å². The molecule has 0 spiro atoms. The SMILES string of the molecule is COc1ccc2cc(C(=O)Nc3nc4c(s3)CC(C)CC4)c(C)nc2c1. The van der Waals surface area contributed by atoms with Crippen LogP contribution >= 0.6 is 11.3 Å². The number of nitrogens with one attached hydrogen (secondary N) is 1. The van der Waals surface area contributed by atoms with E-state index in [-0.39, 0.29) is 5.91 Å². The van der Waals surface area contributed by atoms with Crippen molar-refractivity contribution in [2.24, 2.45) is 5.92 Å². The highest BCUT2D eigenvalue weighted by atomic mass is 32.1. The van der Waals surface area contributed by atoms with Gasteiger partial charge in [0.2, 0.25) is 0 Å². The number of benzene rings is 1. The molecule has 3 aromatic rings. The molecule has 1 amide bonds. The number of hydrogen-bond donors (Lipinski definition) is 1. The average Bonchev–Trinajstić information content (AvgIpc) is 3.01. The number of aromatic nitrogens is 2. The average molecular weight is 367 g/mol. The number of nitrogens with zero attached hydrogens (tertiary/aromatic N) is 2. The van der Waals surface area contributed by atoms with Crippen LogP contribution in [0.25, 0.3) is 10.9 Å². The Kier molecular flexibility index (Phi) is 4.36. The quantitative estimate of drug-likeness (QED) is 0.746. The predicted octanol–water partition coefficient (Wildman–Crippen LogP) is 4.39. The number of ether oxygens (including phenoxy) is 1. The summed E-state index contributed by atoms with van der Waals surface area (Å²) in [5.74, 6) is 1.28. The lowest BCUT2D eigenvalue weighted by molar-refractivity contribution is 0.102. The molecular formula is C20H21N3O2S. The molecule has 0 bridgehead atoms. The van der Waals surface area contributed by atoms with E-state index in [1.54, 1.807) is 18.4 Å². The molecule has 0 saturated heterocycles. The predicted molar refractivity (Wildman–Crippen MR) is 104 cm³/mol. The van der Waals surface area contributed by atoms with Gasteiger partial charge in [-0.3, -0.25) is 15.1 Å². The summed E-state index contributed by atoms with van der Waals surface area (Å²) in [6.45, 7) is 4.11. The Morgan fingerprint density at radius 3 is 2.96 bits per heavy atom. The van der Waals surface area contributed by atoms with E-state index in [9.17, 15) is 4.79 Å². The number of carbonyl (C=O) groups excluding carboxylic acids is 1. The standard InChI is InChI=1S/C20H21N3O2S/c1-11-4-7-16-18(8-11)26-20(22-16)23-19(24)15-9-13-5-6-14(25-3)10-17(13)21-12(15)2/h5-6,9-11H,4,7-8H2,1-3H3,(H,22,23,24). The fourth-order valence-corrected chi connectivity index (χ4v) is 4.52. The van der Waals surface area contributed by atoms with Gasteiger partial charge in [0.15, 0.2) is 5.13 Å². The van der Waals surface area contributed by atoms with Crippen LogP contribution in [0.4, 0.5) is 5.13 Å². The van der Waals surface area contributed by atoms with Crippen LogP contribution in [0.2, 0.25) is 0 Å².